The average molecular weight is 301 g/mol. The van der Waals surface area contributed by atoms with Crippen LogP contribution in [0, 0.1) is 11.8 Å². The molecule has 2 heterocycles. The second-order valence-electron chi connectivity index (χ2n) is 6.39. The molecule has 3 rings (SSSR count). The number of nitrogens with zero attached hydrogens (tertiary/aromatic N) is 2. The Morgan fingerprint density at radius 2 is 2.14 bits per heavy atom. The normalized spacial score (nSPS) is 23.0. The number of pyridine rings is 1. The lowest BCUT2D eigenvalue weighted by molar-refractivity contribution is -0.134. The quantitative estimate of drug-likeness (QED) is 0.924. The van der Waals surface area contributed by atoms with Crippen LogP contribution in [0.5, 0.6) is 0 Å². The lowest BCUT2D eigenvalue weighted by Gasteiger charge is -2.37. The Bertz CT molecular complexity index is 542. The van der Waals surface area contributed by atoms with Gasteiger partial charge < -0.3 is 10.2 Å². The topological polar surface area (TPSA) is 62.3 Å². The van der Waals surface area contributed by atoms with Gasteiger partial charge in [-0.15, -0.1) is 0 Å². The smallest absolute Gasteiger partial charge is 0.225 e. The lowest BCUT2D eigenvalue weighted by Crippen LogP contribution is -2.45. The number of aromatic nitrogens is 1. The van der Waals surface area contributed by atoms with Crippen molar-refractivity contribution in [2.45, 2.75) is 38.6 Å². The Morgan fingerprint density at radius 1 is 1.32 bits per heavy atom. The first-order valence-corrected chi connectivity index (χ1v) is 8.12. The van der Waals surface area contributed by atoms with Gasteiger partial charge in [0.15, 0.2) is 0 Å². The number of carbonyl (C=O) groups is 2. The minimum atomic E-state index is -0.117. The van der Waals surface area contributed by atoms with Crippen LogP contribution in [0.3, 0.4) is 0 Å². The van der Waals surface area contributed by atoms with Crippen molar-refractivity contribution in [1.29, 1.82) is 0 Å². The number of amides is 2. The predicted molar refractivity (Wildman–Crippen MR) is 82.8 cm³/mol. The average Bonchev–Trinajstić information content (AvgIpc) is 3.37. The summed E-state index contributed by atoms with van der Waals surface area (Å²) >= 11 is 0. The number of likely N-dealkylation sites (tertiary alicyclic amines) is 1. The van der Waals surface area contributed by atoms with Gasteiger partial charge >= 0.3 is 0 Å². The molecule has 1 N–H and O–H groups in total. The summed E-state index contributed by atoms with van der Waals surface area (Å²) in [7, 11) is 0. The first kappa shape index (κ1) is 15.0. The van der Waals surface area contributed by atoms with Crippen LogP contribution in [0.15, 0.2) is 24.4 Å². The highest BCUT2D eigenvalue weighted by Crippen LogP contribution is 2.34. The number of nitrogens with one attached hydrogen (secondary N) is 1. The van der Waals surface area contributed by atoms with Crippen molar-refractivity contribution in [2.75, 3.05) is 13.1 Å². The van der Waals surface area contributed by atoms with Crippen molar-refractivity contribution in [2.24, 2.45) is 11.8 Å². The van der Waals surface area contributed by atoms with Crippen LogP contribution in [0.2, 0.25) is 0 Å². The van der Waals surface area contributed by atoms with E-state index < -0.39 is 0 Å². The Morgan fingerprint density at radius 3 is 2.77 bits per heavy atom. The summed E-state index contributed by atoms with van der Waals surface area (Å²) in [6, 6.07) is 5.64. The van der Waals surface area contributed by atoms with Crippen LogP contribution in [0.1, 0.15) is 44.3 Å². The fourth-order valence-electron chi connectivity index (χ4n) is 3.28. The molecular formula is C17H23N3O2. The van der Waals surface area contributed by atoms with Gasteiger partial charge in [-0.05, 0) is 37.8 Å². The van der Waals surface area contributed by atoms with Crippen LogP contribution in [0.4, 0.5) is 0 Å². The molecule has 1 aromatic heterocycles. The van der Waals surface area contributed by atoms with Crippen LogP contribution < -0.4 is 5.32 Å². The number of hydrogen-bond donors (Lipinski definition) is 1. The maximum atomic E-state index is 12.3. The van der Waals surface area contributed by atoms with Gasteiger partial charge in [0.05, 0.1) is 11.7 Å². The van der Waals surface area contributed by atoms with E-state index in [2.05, 4.69) is 10.3 Å². The van der Waals surface area contributed by atoms with Crippen molar-refractivity contribution in [3.63, 3.8) is 0 Å². The summed E-state index contributed by atoms with van der Waals surface area (Å²) < 4.78 is 0. The van der Waals surface area contributed by atoms with Gasteiger partial charge in [-0.25, -0.2) is 0 Å². The fraction of sp³-hybridized carbons (Fsp3) is 0.588. The summed E-state index contributed by atoms with van der Waals surface area (Å²) in [4.78, 5) is 30.3. The summed E-state index contributed by atoms with van der Waals surface area (Å²) in [6.07, 6.45) is 5.83. The first-order chi connectivity index (χ1) is 10.6. The molecule has 0 aromatic carbocycles. The van der Waals surface area contributed by atoms with Crippen LogP contribution in [-0.4, -0.2) is 34.8 Å². The third-order valence-electron chi connectivity index (χ3n) is 4.53. The maximum Gasteiger partial charge on any atom is 0.225 e. The first-order valence-electron chi connectivity index (χ1n) is 8.12. The van der Waals surface area contributed by atoms with Crippen molar-refractivity contribution in [1.82, 2.24) is 15.2 Å². The van der Waals surface area contributed by atoms with E-state index in [1.54, 1.807) is 6.20 Å². The van der Waals surface area contributed by atoms with E-state index in [1.165, 1.54) is 6.92 Å². The highest BCUT2D eigenvalue weighted by Gasteiger charge is 2.37. The monoisotopic (exact) mass is 301 g/mol. The molecule has 22 heavy (non-hydrogen) atoms. The highest BCUT2D eigenvalue weighted by atomic mass is 16.2. The van der Waals surface area contributed by atoms with E-state index in [-0.39, 0.29) is 23.8 Å². The molecule has 1 aliphatic carbocycles. The SMILES string of the molecule is CC(=O)N[C@@H](c1ccccn1)[C@H]1CCCN(C(=O)C2CC2)C1. The van der Waals surface area contributed by atoms with Gasteiger partial charge in [-0.3, -0.25) is 14.6 Å². The number of hydrogen-bond acceptors (Lipinski definition) is 3. The maximum absolute atomic E-state index is 12.3. The molecule has 1 aliphatic heterocycles. The molecule has 0 bridgehead atoms. The summed E-state index contributed by atoms with van der Waals surface area (Å²) in [5.41, 5.74) is 0.878. The molecule has 0 radical (unpaired) electrons. The zero-order valence-corrected chi connectivity index (χ0v) is 13.0. The molecule has 2 aliphatic rings. The van der Waals surface area contributed by atoms with E-state index in [0.29, 0.717) is 5.91 Å². The van der Waals surface area contributed by atoms with Gasteiger partial charge in [-0.2, -0.15) is 0 Å². The Labute approximate surface area is 131 Å². The zero-order chi connectivity index (χ0) is 15.5. The molecule has 0 unspecified atom stereocenters. The van der Waals surface area contributed by atoms with Crippen molar-refractivity contribution in [3.05, 3.63) is 30.1 Å². The Balaban J connectivity index is 1.75. The van der Waals surface area contributed by atoms with Gasteiger partial charge in [-0.1, -0.05) is 6.07 Å². The summed E-state index contributed by atoms with van der Waals surface area (Å²) in [5, 5.41) is 3.03. The van der Waals surface area contributed by atoms with E-state index in [1.807, 2.05) is 23.1 Å². The molecule has 0 spiro atoms. The fourth-order valence-corrected chi connectivity index (χ4v) is 3.28. The standard InChI is InChI=1S/C17H23N3O2/c1-12(21)19-16(15-6-2-3-9-18-15)14-5-4-10-20(11-14)17(22)13-7-8-13/h2-3,6,9,13-14,16H,4-5,7-8,10-11H2,1H3,(H,19,21)/t14-,16+/m0/s1. The molecule has 5 nitrogen and oxygen atoms in total. The third-order valence-corrected chi connectivity index (χ3v) is 4.53. The summed E-state index contributed by atoms with van der Waals surface area (Å²) in [6.45, 7) is 3.10. The second kappa shape index (κ2) is 6.46. The zero-order valence-electron chi connectivity index (χ0n) is 13.0. The number of carbonyl (C=O) groups excluding carboxylic acids is 2. The van der Waals surface area contributed by atoms with Crippen LogP contribution in [0.25, 0.3) is 0 Å². The minimum absolute atomic E-state index is 0.0544. The van der Waals surface area contributed by atoms with E-state index in [0.717, 1.165) is 44.5 Å². The molecule has 2 amide bonds. The van der Waals surface area contributed by atoms with Crippen LogP contribution in [-0.2, 0) is 9.59 Å². The van der Waals surface area contributed by atoms with Gasteiger partial charge in [0.25, 0.3) is 0 Å². The second-order valence-corrected chi connectivity index (χ2v) is 6.39. The molecule has 5 heteroatoms. The molecule has 2 atom stereocenters. The van der Waals surface area contributed by atoms with Gasteiger partial charge in [0, 0.05) is 38.0 Å². The molecule has 1 aromatic rings. The van der Waals surface area contributed by atoms with Crippen molar-refractivity contribution in [3.8, 4) is 0 Å². The van der Waals surface area contributed by atoms with Gasteiger partial charge in [0.2, 0.25) is 11.8 Å². The Hall–Kier alpha value is -1.91. The van der Waals surface area contributed by atoms with Crippen molar-refractivity contribution < 1.29 is 9.59 Å². The van der Waals surface area contributed by atoms with E-state index in [4.69, 9.17) is 0 Å². The number of piperidine rings is 1. The predicted octanol–water partition coefficient (Wildman–Crippen LogP) is 1.91. The van der Waals surface area contributed by atoms with E-state index in [9.17, 15) is 9.59 Å². The number of rotatable bonds is 4. The third kappa shape index (κ3) is 3.46. The highest BCUT2D eigenvalue weighted by molar-refractivity contribution is 5.81. The van der Waals surface area contributed by atoms with Crippen molar-refractivity contribution >= 4 is 11.8 Å². The largest absolute Gasteiger partial charge is 0.348 e. The van der Waals surface area contributed by atoms with Crippen LogP contribution >= 0.6 is 0 Å². The molecule has 2 fully saturated rings. The van der Waals surface area contributed by atoms with Gasteiger partial charge in [0.1, 0.15) is 0 Å². The Kier molecular flexibility index (Phi) is 4.41. The van der Waals surface area contributed by atoms with E-state index >= 15 is 0 Å². The molecule has 1 saturated carbocycles. The summed E-state index contributed by atoms with van der Waals surface area (Å²) in [5.74, 6) is 0.733. The lowest BCUT2D eigenvalue weighted by atomic mass is 9.88. The minimum Gasteiger partial charge on any atom is -0.348 e. The molecule has 118 valence electrons. The molecular weight excluding hydrogens is 278 g/mol. The molecule has 1 saturated heterocycles.